The Morgan fingerprint density at radius 1 is 1.03 bits per heavy atom. The number of halogens is 2. The SMILES string of the molecule is O=C(Oc1c(I)cc(I)cc1C(=O)O)c1ccccc1C(=O)OC1C2CC3C(O2)C(=O)OC31. The number of carbonyl (C=O) groups excluding carboxylic acids is 3. The molecule has 1 N–H and O–H groups in total. The van der Waals surface area contributed by atoms with Crippen LogP contribution in [0.4, 0.5) is 0 Å². The molecule has 170 valence electrons. The number of ether oxygens (including phenoxy) is 4. The van der Waals surface area contributed by atoms with E-state index in [-0.39, 0.29) is 28.4 Å². The van der Waals surface area contributed by atoms with Crippen molar-refractivity contribution in [2.75, 3.05) is 0 Å². The summed E-state index contributed by atoms with van der Waals surface area (Å²) in [5, 5.41) is 9.50. The zero-order valence-electron chi connectivity index (χ0n) is 16.5. The molecule has 33 heavy (non-hydrogen) atoms. The number of hydrogen-bond acceptors (Lipinski definition) is 8. The molecule has 0 radical (unpaired) electrons. The predicted molar refractivity (Wildman–Crippen MR) is 126 cm³/mol. The summed E-state index contributed by atoms with van der Waals surface area (Å²) >= 11 is 3.85. The first-order valence-corrected chi connectivity index (χ1v) is 12.0. The molecule has 2 saturated heterocycles. The van der Waals surface area contributed by atoms with Crippen molar-refractivity contribution in [2.24, 2.45) is 5.92 Å². The molecular weight excluding hydrogens is 662 g/mol. The first kappa shape index (κ1) is 22.5. The van der Waals surface area contributed by atoms with Gasteiger partial charge in [0.1, 0.15) is 11.7 Å². The molecule has 2 aromatic rings. The van der Waals surface area contributed by atoms with Crippen LogP contribution in [-0.2, 0) is 19.0 Å². The molecular formula is C22H14I2O9. The van der Waals surface area contributed by atoms with Crippen molar-refractivity contribution in [2.45, 2.75) is 30.8 Å². The summed E-state index contributed by atoms with van der Waals surface area (Å²) in [6.45, 7) is 0. The quantitative estimate of drug-likeness (QED) is 0.289. The van der Waals surface area contributed by atoms with E-state index in [0.29, 0.717) is 13.6 Å². The van der Waals surface area contributed by atoms with Gasteiger partial charge in [-0.3, -0.25) is 0 Å². The predicted octanol–water partition coefficient (Wildman–Crippen LogP) is 3.05. The highest BCUT2D eigenvalue weighted by atomic mass is 127. The topological polar surface area (TPSA) is 125 Å². The van der Waals surface area contributed by atoms with E-state index in [4.69, 9.17) is 18.9 Å². The van der Waals surface area contributed by atoms with Crippen molar-refractivity contribution in [1.82, 2.24) is 0 Å². The van der Waals surface area contributed by atoms with Gasteiger partial charge in [-0.1, -0.05) is 12.1 Å². The zero-order valence-corrected chi connectivity index (χ0v) is 20.8. The largest absolute Gasteiger partial charge is 0.478 e. The van der Waals surface area contributed by atoms with Gasteiger partial charge in [0.15, 0.2) is 18.0 Å². The Kier molecular flexibility index (Phi) is 5.81. The lowest BCUT2D eigenvalue weighted by Crippen LogP contribution is -2.41. The molecule has 1 saturated carbocycles. The molecule has 0 spiro atoms. The molecule has 5 atom stereocenters. The number of hydrogen-bond donors (Lipinski definition) is 1. The number of esters is 3. The smallest absolute Gasteiger partial charge is 0.344 e. The Hall–Kier alpha value is -2.26. The van der Waals surface area contributed by atoms with E-state index in [1.807, 2.05) is 45.2 Å². The van der Waals surface area contributed by atoms with E-state index in [2.05, 4.69) is 0 Å². The number of fused-ring (bicyclic) bond motifs is 1. The van der Waals surface area contributed by atoms with Gasteiger partial charge < -0.3 is 24.1 Å². The Balaban J connectivity index is 1.39. The zero-order chi connectivity index (χ0) is 23.4. The molecule has 3 aliphatic rings. The fraction of sp³-hybridized carbons (Fsp3) is 0.273. The lowest BCUT2D eigenvalue weighted by Gasteiger charge is -2.25. The van der Waals surface area contributed by atoms with E-state index in [9.17, 15) is 24.3 Å². The third kappa shape index (κ3) is 3.89. The van der Waals surface area contributed by atoms with Gasteiger partial charge in [0.2, 0.25) is 0 Å². The summed E-state index contributed by atoms with van der Waals surface area (Å²) in [4.78, 5) is 49.4. The lowest BCUT2D eigenvalue weighted by molar-refractivity contribution is -0.146. The lowest BCUT2D eigenvalue weighted by atomic mass is 10.0. The normalized spacial score (nSPS) is 26.7. The van der Waals surface area contributed by atoms with E-state index in [0.717, 1.165) is 0 Å². The van der Waals surface area contributed by atoms with Crippen molar-refractivity contribution in [1.29, 1.82) is 0 Å². The summed E-state index contributed by atoms with van der Waals surface area (Å²) in [5.74, 6) is -3.64. The van der Waals surface area contributed by atoms with E-state index < -0.39 is 48.3 Å². The van der Waals surface area contributed by atoms with Crippen LogP contribution in [0.25, 0.3) is 0 Å². The van der Waals surface area contributed by atoms with Gasteiger partial charge in [0, 0.05) is 9.49 Å². The summed E-state index contributed by atoms with van der Waals surface area (Å²) in [6.07, 6.45) is -1.80. The van der Waals surface area contributed by atoms with Crippen LogP contribution >= 0.6 is 45.2 Å². The Bertz CT molecular complexity index is 1210. The van der Waals surface area contributed by atoms with Crippen LogP contribution in [-0.4, -0.2) is 53.4 Å². The molecule has 5 unspecified atom stereocenters. The van der Waals surface area contributed by atoms with Gasteiger partial charge in [-0.2, -0.15) is 0 Å². The molecule has 2 heterocycles. The third-order valence-electron chi connectivity index (χ3n) is 5.86. The van der Waals surface area contributed by atoms with Crippen LogP contribution in [0.1, 0.15) is 37.5 Å². The molecule has 0 amide bonds. The second-order valence-corrected chi connectivity index (χ2v) is 10.2. The first-order valence-electron chi connectivity index (χ1n) is 9.85. The van der Waals surface area contributed by atoms with Gasteiger partial charge in [0.25, 0.3) is 0 Å². The molecule has 2 bridgehead atoms. The highest BCUT2D eigenvalue weighted by Crippen LogP contribution is 2.48. The standard InChI is InChI=1S/C22H14I2O9/c23-8-5-12(19(25)26)15(13(24)6-8)31-20(27)9-3-1-2-4-10(9)21(28)33-18-14-7-11-16(18)32-22(29)17(11)30-14/h1-6,11,14,16-18H,7H2,(H,25,26). The maximum Gasteiger partial charge on any atom is 0.344 e. The maximum absolute atomic E-state index is 13.0. The van der Waals surface area contributed by atoms with Crippen molar-refractivity contribution in [3.05, 3.63) is 60.2 Å². The minimum atomic E-state index is -1.25. The molecule has 0 aromatic heterocycles. The van der Waals surface area contributed by atoms with Gasteiger partial charge in [-0.25, -0.2) is 19.2 Å². The fourth-order valence-electron chi connectivity index (χ4n) is 4.44. The fourth-order valence-corrected chi connectivity index (χ4v) is 6.39. The highest BCUT2D eigenvalue weighted by Gasteiger charge is 2.65. The van der Waals surface area contributed by atoms with Gasteiger partial charge in [0.05, 0.1) is 20.8 Å². The van der Waals surface area contributed by atoms with Gasteiger partial charge >= 0.3 is 23.9 Å². The molecule has 2 aromatic carbocycles. The number of carbonyl (C=O) groups is 4. The van der Waals surface area contributed by atoms with Crippen molar-refractivity contribution in [3.63, 3.8) is 0 Å². The van der Waals surface area contributed by atoms with E-state index >= 15 is 0 Å². The minimum absolute atomic E-state index is 0.0523. The Morgan fingerprint density at radius 2 is 1.73 bits per heavy atom. The van der Waals surface area contributed by atoms with Crippen LogP contribution in [0, 0.1) is 13.1 Å². The third-order valence-corrected chi connectivity index (χ3v) is 7.28. The van der Waals surface area contributed by atoms with Crippen LogP contribution in [0.2, 0.25) is 0 Å². The molecule has 5 rings (SSSR count). The second kappa shape index (κ2) is 8.51. The maximum atomic E-state index is 13.0. The van der Waals surface area contributed by atoms with Crippen LogP contribution in [0.3, 0.4) is 0 Å². The van der Waals surface area contributed by atoms with Crippen molar-refractivity contribution in [3.8, 4) is 5.75 Å². The summed E-state index contributed by atoms with van der Waals surface area (Å²) in [7, 11) is 0. The minimum Gasteiger partial charge on any atom is -0.478 e. The first-order chi connectivity index (χ1) is 15.7. The second-order valence-electron chi connectivity index (χ2n) is 7.77. The monoisotopic (exact) mass is 676 g/mol. The summed E-state index contributed by atoms with van der Waals surface area (Å²) in [5.41, 5.74) is -0.307. The number of carboxylic acid groups (broad SMARTS) is 1. The molecule has 3 fully saturated rings. The average Bonchev–Trinajstić information content (AvgIpc) is 3.40. The van der Waals surface area contributed by atoms with Gasteiger partial charge in [-0.05, 0) is 75.9 Å². The summed E-state index contributed by atoms with van der Waals surface area (Å²) < 4.78 is 23.1. The highest BCUT2D eigenvalue weighted by molar-refractivity contribution is 14.1. The Morgan fingerprint density at radius 3 is 2.42 bits per heavy atom. The Labute approximate surface area is 214 Å². The van der Waals surface area contributed by atoms with Crippen LogP contribution in [0.5, 0.6) is 5.75 Å². The van der Waals surface area contributed by atoms with E-state index in [1.165, 1.54) is 18.2 Å². The average molecular weight is 676 g/mol. The van der Waals surface area contributed by atoms with Crippen molar-refractivity contribution < 1.29 is 43.2 Å². The van der Waals surface area contributed by atoms with E-state index in [1.54, 1.807) is 18.2 Å². The molecule has 2 aliphatic heterocycles. The van der Waals surface area contributed by atoms with Crippen LogP contribution in [0.15, 0.2) is 36.4 Å². The van der Waals surface area contributed by atoms with Crippen LogP contribution < -0.4 is 4.74 Å². The van der Waals surface area contributed by atoms with Gasteiger partial charge in [-0.15, -0.1) is 0 Å². The number of aromatic carboxylic acids is 1. The molecule has 1 aliphatic carbocycles. The van der Waals surface area contributed by atoms with Crippen molar-refractivity contribution >= 4 is 69.1 Å². The number of benzene rings is 2. The molecule has 11 heteroatoms. The summed E-state index contributed by atoms with van der Waals surface area (Å²) in [6, 6.07) is 8.97. The molecule has 9 nitrogen and oxygen atoms in total. The number of rotatable bonds is 5. The number of carboxylic acids is 1.